The van der Waals surface area contributed by atoms with Crippen molar-refractivity contribution in [2.24, 2.45) is 0 Å². The van der Waals surface area contributed by atoms with E-state index in [0.717, 1.165) is 16.7 Å². The number of hydrogen-bond donors (Lipinski definition) is 2. The lowest BCUT2D eigenvalue weighted by molar-refractivity contribution is -0.157. The summed E-state index contributed by atoms with van der Waals surface area (Å²) in [5.41, 5.74) is 1.50. The van der Waals surface area contributed by atoms with Gasteiger partial charge in [0.2, 0.25) is 5.91 Å². The summed E-state index contributed by atoms with van der Waals surface area (Å²) in [6.45, 7) is 5.37. The monoisotopic (exact) mass is 689 g/mol. The summed E-state index contributed by atoms with van der Waals surface area (Å²) in [6.07, 6.45) is -0.922. The van der Waals surface area contributed by atoms with Crippen molar-refractivity contribution in [3.8, 4) is 0 Å². The van der Waals surface area contributed by atoms with Crippen molar-refractivity contribution in [2.45, 2.75) is 84.0 Å². The molecule has 0 spiro atoms. The van der Waals surface area contributed by atoms with Gasteiger partial charge in [-0.3, -0.25) is 9.59 Å². The van der Waals surface area contributed by atoms with E-state index in [1.807, 2.05) is 66.7 Å². The van der Waals surface area contributed by atoms with E-state index in [4.69, 9.17) is 18.9 Å². The lowest BCUT2D eigenvalue weighted by Crippen LogP contribution is -2.54. The first-order chi connectivity index (χ1) is 23.9. The van der Waals surface area contributed by atoms with Gasteiger partial charge in [-0.15, -0.1) is 0 Å². The Morgan fingerprint density at radius 1 is 0.680 bits per heavy atom. The molecule has 0 fully saturated rings. The van der Waals surface area contributed by atoms with Gasteiger partial charge in [0.15, 0.2) is 0 Å². The maximum atomic E-state index is 13.9. The molecule has 12 nitrogen and oxygen atoms in total. The maximum Gasteiger partial charge on any atom is 0.408 e. The van der Waals surface area contributed by atoms with Crippen LogP contribution < -0.4 is 10.6 Å². The minimum absolute atomic E-state index is 0.0155. The highest BCUT2D eigenvalue weighted by Gasteiger charge is 2.35. The molecular formula is C38H47N3O9. The Kier molecular flexibility index (Phi) is 15.8. The molecule has 0 saturated heterocycles. The van der Waals surface area contributed by atoms with Crippen molar-refractivity contribution in [2.75, 3.05) is 13.6 Å². The van der Waals surface area contributed by atoms with Crippen LogP contribution in [0, 0.1) is 0 Å². The predicted octanol–water partition coefficient (Wildman–Crippen LogP) is 5.68. The van der Waals surface area contributed by atoms with Crippen molar-refractivity contribution in [1.82, 2.24) is 15.5 Å². The fraction of sp³-hybridized carbons (Fsp3) is 0.395. The number of nitrogens with one attached hydrogen (secondary N) is 2. The van der Waals surface area contributed by atoms with Crippen LogP contribution in [-0.4, -0.2) is 66.2 Å². The summed E-state index contributed by atoms with van der Waals surface area (Å²) in [4.78, 5) is 66.3. The molecule has 3 aromatic rings. The Balaban J connectivity index is 1.67. The number of amides is 3. The van der Waals surface area contributed by atoms with Crippen LogP contribution in [0.3, 0.4) is 0 Å². The molecule has 3 amide bonds. The topological polar surface area (TPSA) is 150 Å². The first kappa shape index (κ1) is 39.1. The molecule has 0 heterocycles. The summed E-state index contributed by atoms with van der Waals surface area (Å²) < 4.78 is 21.6. The SMILES string of the molecule is CN(C(=O)[C@H](CC(=O)OCc1ccccc1)NC(=O)OC(C)(C)C)[C@H](CCCCNC(=O)OCc1ccccc1)C(=O)OCc1ccccc1. The van der Waals surface area contributed by atoms with E-state index in [0.29, 0.717) is 12.8 Å². The summed E-state index contributed by atoms with van der Waals surface area (Å²) in [7, 11) is 1.41. The quantitative estimate of drug-likeness (QED) is 0.104. The van der Waals surface area contributed by atoms with Gasteiger partial charge in [-0.2, -0.15) is 0 Å². The van der Waals surface area contributed by atoms with Crippen molar-refractivity contribution in [3.63, 3.8) is 0 Å². The van der Waals surface area contributed by atoms with Crippen molar-refractivity contribution in [3.05, 3.63) is 108 Å². The van der Waals surface area contributed by atoms with Gasteiger partial charge in [0.25, 0.3) is 0 Å². The van der Waals surface area contributed by atoms with Gasteiger partial charge in [0, 0.05) is 13.6 Å². The van der Waals surface area contributed by atoms with E-state index in [9.17, 15) is 24.0 Å². The Labute approximate surface area is 293 Å². The van der Waals surface area contributed by atoms with Crippen molar-refractivity contribution < 1.29 is 42.9 Å². The van der Waals surface area contributed by atoms with Gasteiger partial charge < -0.3 is 34.5 Å². The lowest BCUT2D eigenvalue weighted by Gasteiger charge is -2.30. The van der Waals surface area contributed by atoms with Gasteiger partial charge in [0.1, 0.15) is 37.5 Å². The van der Waals surface area contributed by atoms with E-state index in [-0.39, 0.29) is 32.8 Å². The molecule has 0 unspecified atom stereocenters. The molecule has 12 heteroatoms. The molecule has 0 bridgehead atoms. The van der Waals surface area contributed by atoms with E-state index in [1.54, 1.807) is 45.0 Å². The molecule has 2 N–H and O–H groups in total. The summed E-state index contributed by atoms with van der Waals surface area (Å²) in [5, 5.41) is 5.17. The number of alkyl carbamates (subject to hydrolysis) is 2. The second-order valence-corrected chi connectivity index (χ2v) is 12.6. The van der Waals surface area contributed by atoms with Crippen LogP contribution in [-0.2, 0) is 53.2 Å². The third kappa shape index (κ3) is 14.8. The van der Waals surface area contributed by atoms with Crippen molar-refractivity contribution >= 4 is 30.0 Å². The molecule has 3 rings (SSSR count). The largest absolute Gasteiger partial charge is 0.461 e. The van der Waals surface area contributed by atoms with E-state index in [2.05, 4.69) is 10.6 Å². The molecule has 0 saturated carbocycles. The summed E-state index contributed by atoms with van der Waals surface area (Å²) in [6, 6.07) is 24.9. The Hall–Kier alpha value is -5.39. The Morgan fingerprint density at radius 3 is 1.70 bits per heavy atom. The molecule has 0 aliphatic rings. The molecule has 2 atom stereocenters. The number of carbonyl (C=O) groups excluding carboxylic acids is 5. The number of carbonyl (C=O) groups is 5. The standard InChI is InChI=1S/C38H47N3O9/c1-38(2,3)50-37(46)40-31(24-33(42)47-25-28-16-8-5-9-17-28)34(43)41(4)32(35(44)48-26-29-18-10-6-11-19-29)22-14-15-23-39-36(45)49-27-30-20-12-7-13-21-30/h5-13,16-21,31-32H,14-15,22-27H2,1-4H3,(H,39,45)(H,40,46)/t31-,32+/m0/s1. The van der Waals surface area contributed by atoms with Gasteiger partial charge in [-0.25, -0.2) is 14.4 Å². The molecule has 0 radical (unpaired) electrons. The minimum Gasteiger partial charge on any atom is -0.461 e. The molecule has 0 aliphatic heterocycles. The molecule has 0 aromatic heterocycles. The zero-order valence-electron chi connectivity index (χ0n) is 29.1. The number of rotatable bonds is 17. The minimum atomic E-state index is -1.40. The smallest absolute Gasteiger partial charge is 0.408 e. The highest BCUT2D eigenvalue weighted by atomic mass is 16.6. The van der Waals surface area contributed by atoms with Crippen LogP contribution in [0.2, 0.25) is 0 Å². The van der Waals surface area contributed by atoms with Gasteiger partial charge in [0.05, 0.1) is 6.42 Å². The van der Waals surface area contributed by atoms with Crippen LogP contribution in [0.4, 0.5) is 9.59 Å². The zero-order valence-corrected chi connectivity index (χ0v) is 29.1. The summed E-state index contributed by atoms with van der Waals surface area (Å²) in [5.74, 6) is -2.11. The average Bonchev–Trinajstić information content (AvgIpc) is 3.10. The zero-order chi connectivity index (χ0) is 36.4. The average molecular weight is 690 g/mol. The Morgan fingerprint density at radius 2 is 1.18 bits per heavy atom. The number of hydrogen-bond acceptors (Lipinski definition) is 9. The number of ether oxygens (including phenoxy) is 4. The maximum absolute atomic E-state index is 13.9. The van der Waals surface area contributed by atoms with Crippen LogP contribution in [0.5, 0.6) is 0 Å². The second-order valence-electron chi connectivity index (χ2n) is 12.6. The fourth-order valence-electron chi connectivity index (χ4n) is 4.73. The lowest BCUT2D eigenvalue weighted by atomic mass is 10.1. The van der Waals surface area contributed by atoms with Gasteiger partial charge >= 0.3 is 24.1 Å². The van der Waals surface area contributed by atoms with E-state index < -0.39 is 54.1 Å². The van der Waals surface area contributed by atoms with Crippen LogP contribution in [0.15, 0.2) is 91.0 Å². The van der Waals surface area contributed by atoms with Gasteiger partial charge in [-0.05, 0) is 56.7 Å². The van der Waals surface area contributed by atoms with E-state index in [1.165, 1.54) is 11.9 Å². The first-order valence-corrected chi connectivity index (χ1v) is 16.5. The molecular weight excluding hydrogens is 642 g/mol. The number of nitrogens with zero attached hydrogens (tertiary/aromatic N) is 1. The predicted molar refractivity (Wildman–Crippen MR) is 185 cm³/mol. The van der Waals surface area contributed by atoms with Crippen LogP contribution in [0.1, 0.15) is 63.1 Å². The number of unbranched alkanes of at least 4 members (excludes halogenated alkanes) is 1. The van der Waals surface area contributed by atoms with Crippen molar-refractivity contribution in [1.29, 1.82) is 0 Å². The molecule has 3 aromatic carbocycles. The van der Waals surface area contributed by atoms with E-state index >= 15 is 0 Å². The van der Waals surface area contributed by atoms with Gasteiger partial charge in [-0.1, -0.05) is 91.0 Å². The number of esters is 2. The third-order valence-electron chi connectivity index (χ3n) is 7.30. The van der Waals surface area contributed by atoms with Crippen LogP contribution in [0.25, 0.3) is 0 Å². The van der Waals surface area contributed by atoms with Crippen LogP contribution >= 0.6 is 0 Å². The normalized spacial score (nSPS) is 12.1. The molecule has 0 aliphatic carbocycles. The molecule has 268 valence electrons. The Bertz CT molecular complexity index is 1510. The third-order valence-corrected chi connectivity index (χ3v) is 7.30. The highest BCUT2D eigenvalue weighted by Crippen LogP contribution is 2.16. The summed E-state index contributed by atoms with van der Waals surface area (Å²) >= 11 is 0. The number of likely N-dealkylation sites (N-methyl/N-ethyl adjacent to an activating group) is 1. The molecule has 50 heavy (non-hydrogen) atoms. The highest BCUT2D eigenvalue weighted by molar-refractivity contribution is 5.92. The second kappa shape index (κ2) is 20.2. The fourth-order valence-corrected chi connectivity index (χ4v) is 4.73. The number of benzene rings is 3. The first-order valence-electron chi connectivity index (χ1n) is 16.5.